The second-order valence-electron chi connectivity index (χ2n) is 3.30. The molecular weight excluding hydrogens is 208 g/mol. The van der Waals surface area contributed by atoms with Crippen molar-refractivity contribution < 1.29 is 9.21 Å². The van der Waals surface area contributed by atoms with E-state index in [0.717, 1.165) is 17.1 Å². The van der Waals surface area contributed by atoms with Crippen LogP contribution in [0.15, 0.2) is 34.9 Å². The molecule has 0 radical (unpaired) electrons. The minimum Gasteiger partial charge on any atom is -0.469 e. The quantitative estimate of drug-likeness (QED) is 0.740. The summed E-state index contributed by atoms with van der Waals surface area (Å²) in [6, 6.07) is 7.54. The minimum atomic E-state index is 0.134. The Labute approximate surface area is 92.5 Å². The standard InChI is InChI=1S/C12H12O2S/c1-2-10-5-6-12(15-10)11(13)8-9-4-3-7-14-9/h3-7H,2,8H2,1H3. The summed E-state index contributed by atoms with van der Waals surface area (Å²) in [6.45, 7) is 2.09. The van der Waals surface area contributed by atoms with Crippen molar-refractivity contribution in [3.8, 4) is 0 Å². The van der Waals surface area contributed by atoms with Gasteiger partial charge in [0, 0.05) is 4.88 Å². The Hall–Kier alpha value is -1.35. The van der Waals surface area contributed by atoms with Crippen LogP contribution in [0.2, 0.25) is 0 Å². The molecule has 0 unspecified atom stereocenters. The van der Waals surface area contributed by atoms with E-state index in [0.29, 0.717) is 6.42 Å². The van der Waals surface area contributed by atoms with Gasteiger partial charge in [0.2, 0.25) is 0 Å². The molecule has 0 saturated heterocycles. The zero-order chi connectivity index (χ0) is 10.7. The van der Waals surface area contributed by atoms with Gasteiger partial charge in [0.15, 0.2) is 5.78 Å². The first-order chi connectivity index (χ1) is 7.29. The number of furan rings is 1. The van der Waals surface area contributed by atoms with Crippen LogP contribution in [0.4, 0.5) is 0 Å². The fraction of sp³-hybridized carbons (Fsp3) is 0.250. The lowest BCUT2D eigenvalue weighted by Crippen LogP contribution is -1.99. The number of carbonyl (C=O) groups is 1. The molecule has 0 aliphatic carbocycles. The molecule has 78 valence electrons. The second-order valence-corrected chi connectivity index (χ2v) is 4.47. The van der Waals surface area contributed by atoms with E-state index in [9.17, 15) is 4.79 Å². The van der Waals surface area contributed by atoms with Crippen molar-refractivity contribution >= 4 is 17.1 Å². The van der Waals surface area contributed by atoms with E-state index in [2.05, 4.69) is 6.92 Å². The fourth-order valence-electron chi connectivity index (χ4n) is 1.38. The average Bonchev–Trinajstić information content (AvgIpc) is 2.86. The van der Waals surface area contributed by atoms with E-state index in [-0.39, 0.29) is 5.78 Å². The fourth-order valence-corrected chi connectivity index (χ4v) is 2.26. The van der Waals surface area contributed by atoms with Gasteiger partial charge < -0.3 is 4.42 Å². The van der Waals surface area contributed by atoms with Crippen LogP contribution in [0, 0.1) is 0 Å². The number of carbonyl (C=O) groups excluding carboxylic acids is 1. The number of aryl methyl sites for hydroxylation is 1. The number of thiophene rings is 1. The molecule has 3 heteroatoms. The van der Waals surface area contributed by atoms with Gasteiger partial charge in [-0.25, -0.2) is 0 Å². The van der Waals surface area contributed by atoms with E-state index in [1.807, 2.05) is 18.2 Å². The van der Waals surface area contributed by atoms with Crippen LogP contribution in [0.3, 0.4) is 0 Å². The van der Waals surface area contributed by atoms with Crippen LogP contribution >= 0.6 is 11.3 Å². The lowest BCUT2D eigenvalue weighted by atomic mass is 10.2. The normalized spacial score (nSPS) is 10.5. The van der Waals surface area contributed by atoms with Gasteiger partial charge in [-0.05, 0) is 30.7 Å². The van der Waals surface area contributed by atoms with Gasteiger partial charge >= 0.3 is 0 Å². The molecular formula is C12H12O2S. The Morgan fingerprint density at radius 3 is 2.87 bits per heavy atom. The van der Waals surface area contributed by atoms with Crippen LogP contribution in [-0.2, 0) is 12.8 Å². The van der Waals surface area contributed by atoms with Crippen molar-refractivity contribution in [2.24, 2.45) is 0 Å². The Morgan fingerprint density at radius 2 is 2.27 bits per heavy atom. The van der Waals surface area contributed by atoms with Crippen LogP contribution in [0.1, 0.15) is 27.2 Å². The number of hydrogen-bond donors (Lipinski definition) is 0. The summed E-state index contributed by atoms with van der Waals surface area (Å²) in [5.41, 5.74) is 0. The van der Waals surface area contributed by atoms with Gasteiger partial charge in [-0.1, -0.05) is 6.92 Å². The van der Waals surface area contributed by atoms with Crippen molar-refractivity contribution in [2.45, 2.75) is 19.8 Å². The maximum Gasteiger partial charge on any atom is 0.180 e. The summed E-state index contributed by atoms with van der Waals surface area (Å²) in [7, 11) is 0. The molecule has 15 heavy (non-hydrogen) atoms. The van der Waals surface area contributed by atoms with Gasteiger partial charge in [-0.3, -0.25) is 4.79 Å². The molecule has 0 amide bonds. The second kappa shape index (κ2) is 4.45. The Kier molecular flexibility index (Phi) is 3.02. The largest absolute Gasteiger partial charge is 0.469 e. The third kappa shape index (κ3) is 2.36. The monoisotopic (exact) mass is 220 g/mol. The summed E-state index contributed by atoms with van der Waals surface area (Å²) >= 11 is 1.57. The van der Waals surface area contributed by atoms with Crippen LogP contribution in [0.25, 0.3) is 0 Å². The van der Waals surface area contributed by atoms with Gasteiger partial charge in [-0.15, -0.1) is 11.3 Å². The van der Waals surface area contributed by atoms with Crippen molar-refractivity contribution in [1.29, 1.82) is 0 Å². The summed E-state index contributed by atoms with van der Waals surface area (Å²) in [5.74, 6) is 0.862. The number of hydrogen-bond acceptors (Lipinski definition) is 3. The van der Waals surface area contributed by atoms with Crippen molar-refractivity contribution in [2.75, 3.05) is 0 Å². The highest BCUT2D eigenvalue weighted by Gasteiger charge is 2.10. The zero-order valence-corrected chi connectivity index (χ0v) is 9.34. The summed E-state index contributed by atoms with van der Waals surface area (Å²) in [6.07, 6.45) is 2.93. The lowest BCUT2D eigenvalue weighted by molar-refractivity contribution is 0.0991. The van der Waals surface area contributed by atoms with Crippen molar-refractivity contribution in [3.63, 3.8) is 0 Å². The Balaban J connectivity index is 2.08. The predicted octanol–water partition coefficient (Wildman–Crippen LogP) is 3.33. The molecule has 0 aliphatic rings. The molecule has 2 rings (SSSR count). The SMILES string of the molecule is CCc1ccc(C(=O)Cc2ccco2)s1. The first-order valence-electron chi connectivity index (χ1n) is 4.94. The van der Waals surface area contributed by atoms with Gasteiger partial charge in [0.1, 0.15) is 5.76 Å². The third-order valence-electron chi connectivity index (χ3n) is 2.20. The molecule has 2 heterocycles. The summed E-state index contributed by atoms with van der Waals surface area (Å²) < 4.78 is 5.14. The molecule has 2 nitrogen and oxygen atoms in total. The maximum atomic E-state index is 11.8. The highest BCUT2D eigenvalue weighted by molar-refractivity contribution is 7.14. The number of Topliss-reactive ketones (excluding diaryl/α,β-unsaturated/α-hetero) is 1. The molecule has 0 fully saturated rings. The lowest BCUT2D eigenvalue weighted by Gasteiger charge is -1.93. The van der Waals surface area contributed by atoms with E-state index < -0.39 is 0 Å². The molecule has 0 bridgehead atoms. The van der Waals surface area contributed by atoms with Crippen molar-refractivity contribution in [1.82, 2.24) is 0 Å². The van der Waals surface area contributed by atoms with Crippen LogP contribution in [-0.4, -0.2) is 5.78 Å². The number of ketones is 1. The average molecular weight is 220 g/mol. The van der Waals surface area contributed by atoms with Gasteiger partial charge in [0.05, 0.1) is 17.6 Å². The van der Waals surface area contributed by atoms with E-state index >= 15 is 0 Å². The minimum absolute atomic E-state index is 0.134. The first kappa shape index (κ1) is 10.2. The molecule has 2 aromatic rings. The summed E-state index contributed by atoms with van der Waals surface area (Å²) in [5, 5.41) is 0. The molecule has 0 aliphatic heterocycles. The molecule has 2 aromatic heterocycles. The molecule has 0 N–H and O–H groups in total. The number of rotatable bonds is 4. The Morgan fingerprint density at radius 1 is 1.40 bits per heavy atom. The first-order valence-corrected chi connectivity index (χ1v) is 5.75. The van der Waals surface area contributed by atoms with Gasteiger partial charge in [0.25, 0.3) is 0 Å². The molecule has 0 saturated carbocycles. The molecule has 0 atom stereocenters. The van der Waals surface area contributed by atoms with Crippen molar-refractivity contribution in [3.05, 3.63) is 46.0 Å². The van der Waals surface area contributed by atoms with Crippen LogP contribution in [0.5, 0.6) is 0 Å². The molecule has 0 aromatic carbocycles. The van der Waals surface area contributed by atoms with E-state index in [1.165, 1.54) is 4.88 Å². The summed E-state index contributed by atoms with van der Waals surface area (Å²) in [4.78, 5) is 13.9. The highest BCUT2D eigenvalue weighted by Crippen LogP contribution is 2.19. The maximum absolute atomic E-state index is 11.8. The Bertz CT molecular complexity index is 440. The predicted molar refractivity (Wildman–Crippen MR) is 60.4 cm³/mol. The van der Waals surface area contributed by atoms with Gasteiger partial charge in [-0.2, -0.15) is 0 Å². The molecule has 0 spiro atoms. The van der Waals surface area contributed by atoms with Crippen LogP contribution < -0.4 is 0 Å². The zero-order valence-electron chi connectivity index (χ0n) is 8.53. The van der Waals surface area contributed by atoms with E-state index in [1.54, 1.807) is 23.7 Å². The topological polar surface area (TPSA) is 30.2 Å². The smallest absolute Gasteiger partial charge is 0.180 e. The highest BCUT2D eigenvalue weighted by atomic mass is 32.1. The van der Waals surface area contributed by atoms with E-state index in [4.69, 9.17) is 4.42 Å². The third-order valence-corrected chi connectivity index (χ3v) is 3.47.